The van der Waals surface area contributed by atoms with Gasteiger partial charge in [-0.05, 0) is 32.8 Å². The minimum absolute atomic E-state index is 0.0378. The van der Waals surface area contributed by atoms with Gasteiger partial charge in [-0.1, -0.05) is 30.2 Å². The highest BCUT2D eigenvalue weighted by Gasteiger charge is 2.19. The number of benzene rings is 1. The van der Waals surface area contributed by atoms with Crippen LogP contribution in [0.25, 0.3) is 0 Å². The third-order valence-electron chi connectivity index (χ3n) is 1.84. The van der Waals surface area contributed by atoms with Gasteiger partial charge < -0.3 is 14.8 Å². The Balaban J connectivity index is 3.01. The standard InChI is InChI=1S/C14H19NO3/c1-14(2,3)18-13(17)15-12(10-16)9-11-7-5-4-6-8-11/h4-8,10,12H,9H2,1-3H3,(H,15,17)/t12-/m0/s1/i4D,5D,6D,7D,8D. The number of rotatable bonds is 4. The molecular weight excluding hydrogens is 230 g/mol. The van der Waals surface area contributed by atoms with Gasteiger partial charge in [-0.25, -0.2) is 4.79 Å². The van der Waals surface area contributed by atoms with Gasteiger partial charge in [0, 0.05) is 0 Å². The van der Waals surface area contributed by atoms with Crippen LogP contribution in [0.4, 0.5) is 4.79 Å². The molecule has 0 aliphatic carbocycles. The zero-order valence-electron chi connectivity index (χ0n) is 15.6. The summed E-state index contributed by atoms with van der Waals surface area (Å²) in [5, 5.41) is 2.31. The minimum Gasteiger partial charge on any atom is -0.444 e. The quantitative estimate of drug-likeness (QED) is 0.839. The molecule has 1 N–H and O–H groups in total. The zero-order valence-corrected chi connectivity index (χ0v) is 10.6. The van der Waals surface area contributed by atoms with E-state index >= 15 is 0 Å². The van der Waals surface area contributed by atoms with Crippen LogP contribution in [0.15, 0.2) is 30.2 Å². The van der Waals surface area contributed by atoms with E-state index in [1.807, 2.05) is 0 Å². The average molecular weight is 254 g/mol. The maximum Gasteiger partial charge on any atom is 0.408 e. The first-order valence-corrected chi connectivity index (χ1v) is 5.48. The molecule has 18 heavy (non-hydrogen) atoms. The Bertz CT molecular complexity index is 599. The molecule has 0 saturated carbocycles. The fraction of sp³-hybridized carbons (Fsp3) is 0.429. The van der Waals surface area contributed by atoms with E-state index < -0.39 is 47.9 Å². The van der Waals surface area contributed by atoms with Crippen molar-refractivity contribution in [1.29, 1.82) is 0 Å². The van der Waals surface area contributed by atoms with Crippen molar-refractivity contribution in [3.05, 3.63) is 35.8 Å². The maximum absolute atomic E-state index is 11.7. The summed E-state index contributed by atoms with van der Waals surface area (Å²) in [6.07, 6.45) is -0.606. The van der Waals surface area contributed by atoms with Crippen LogP contribution in [0.1, 0.15) is 33.2 Å². The summed E-state index contributed by atoms with van der Waals surface area (Å²) >= 11 is 0. The highest BCUT2D eigenvalue weighted by molar-refractivity contribution is 5.73. The molecule has 0 unspecified atom stereocenters. The summed E-state index contributed by atoms with van der Waals surface area (Å²) in [5.41, 5.74) is -0.780. The third kappa shape index (κ3) is 5.48. The van der Waals surface area contributed by atoms with Gasteiger partial charge in [-0.2, -0.15) is 0 Å². The normalized spacial score (nSPS) is 16.5. The maximum atomic E-state index is 11.7. The second-order valence-corrected chi connectivity index (χ2v) is 4.70. The highest BCUT2D eigenvalue weighted by atomic mass is 16.6. The molecule has 1 rings (SSSR count). The monoisotopic (exact) mass is 254 g/mol. The lowest BCUT2D eigenvalue weighted by atomic mass is 10.1. The molecule has 0 aliphatic heterocycles. The van der Waals surface area contributed by atoms with Crippen LogP contribution in [0.5, 0.6) is 0 Å². The number of hydrogen-bond acceptors (Lipinski definition) is 3. The molecule has 98 valence electrons. The molecule has 0 spiro atoms. The predicted molar refractivity (Wildman–Crippen MR) is 69.4 cm³/mol. The van der Waals surface area contributed by atoms with E-state index in [-0.39, 0.29) is 12.0 Å². The SMILES string of the molecule is [2H]c1c([2H])c([2H])c(C[C@@H](C=O)NC(=O)OC(C)(C)C)c([2H])c1[2H]. The van der Waals surface area contributed by atoms with Crippen molar-refractivity contribution in [2.75, 3.05) is 0 Å². The molecule has 4 nitrogen and oxygen atoms in total. The topological polar surface area (TPSA) is 55.4 Å². The molecule has 1 amide bonds. The zero-order chi connectivity index (χ0) is 17.9. The predicted octanol–water partition coefficient (Wildman–Crippen LogP) is 2.32. The van der Waals surface area contributed by atoms with Gasteiger partial charge in [0.1, 0.15) is 11.9 Å². The van der Waals surface area contributed by atoms with Gasteiger partial charge >= 0.3 is 6.09 Å². The van der Waals surface area contributed by atoms with Crippen LogP contribution < -0.4 is 5.32 Å². The Morgan fingerprint density at radius 1 is 1.44 bits per heavy atom. The number of hydrogen-bond donors (Lipinski definition) is 1. The molecule has 0 radical (unpaired) electrons. The fourth-order valence-corrected chi connectivity index (χ4v) is 1.19. The van der Waals surface area contributed by atoms with E-state index in [0.717, 1.165) is 0 Å². The summed E-state index contributed by atoms with van der Waals surface area (Å²) in [6.45, 7) is 4.99. The van der Waals surface area contributed by atoms with E-state index in [4.69, 9.17) is 11.6 Å². The fourth-order valence-electron chi connectivity index (χ4n) is 1.19. The number of nitrogens with one attached hydrogen (secondary N) is 1. The van der Waals surface area contributed by atoms with E-state index in [0.29, 0.717) is 6.29 Å². The molecule has 1 aromatic rings. The number of carbonyl (C=O) groups excluding carboxylic acids is 2. The van der Waals surface area contributed by atoms with Crippen molar-refractivity contribution >= 4 is 12.4 Å². The number of ether oxygens (including phenoxy) is 1. The van der Waals surface area contributed by atoms with Gasteiger partial charge in [0.05, 0.1) is 12.9 Å². The summed E-state index contributed by atoms with van der Waals surface area (Å²) < 4.78 is 43.3. The molecule has 1 atom stereocenters. The number of alkyl carbamates (subject to hydrolysis) is 1. The van der Waals surface area contributed by atoms with Crippen molar-refractivity contribution in [2.45, 2.75) is 38.8 Å². The van der Waals surface area contributed by atoms with Crippen molar-refractivity contribution < 1.29 is 21.2 Å². The summed E-state index contributed by atoms with van der Waals surface area (Å²) in [6, 6.07) is -3.33. The highest BCUT2D eigenvalue weighted by Crippen LogP contribution is 2.07. The second kappa shape index (κ2) is 6.19. The van der Waals surface area contributed by atoms with Gasteiger partial charge in [0.25, 0.3) is 0 Å². The van der Waals surface area contributed by atoms with Crippen molar-refractivity contribution in [1.82, 2.24) is 5.32 Å². The first-order valence-electron chi connectivity index (χ1n) is 7.98. The van der Waals surface area contributed by atoms with Crippen LogP contribution in [0, 0.1) is 0 Å². The first kappa shape index (κ1) is 8.29. The van der Waals surface area contributed by atoms with Gasteiger partial charge in [-0.15, -0.1) is 0 Å². The van der Waals surface area contributed by atoms with E-state index in [2.05, 4.69) is 5.32 Å². The van der Waals surface area contributed by atoms with E-state index in [1.54, 1.807) is 20.8 Å². The first-order chi connectivity index (χ1) is 10.5. The Kier molecular flexibility index (Phi) is 2.85. The average Bonchev–Trinajstić information content (AvgIpc) is 2.44. The van der Waals surface area contributed by atoms with E-state index in [1.165, 1.54) is 0 Å². The Morgan fingerprint density at radius 2 is 2.06 bits per heavy atom. The molecule has 0 aliphatic rings. The Morgan fingerprint density at radius 3 is 2.56 bits per heavy atom. The molecule has 0 fully saturated rings. The summed E-state index contributed by atoms with van der Waals surface area (Å²) in [4.78, 5) is 22.8. The number of carbonyl (C=O) groups is 2. The van der Waals surface area contributed by atoms with E-state index in [9.17, 15) is 9.59 Å². The molecule has 4 heteroatoms. The molecule has 0 aromatic heterocycles. The van der Waals surface area contributed by atoms with Crippen molar-refractivity contribution in [3.63, 3.8) is 0 Å². The van der Waals surface area contributed by atoms with Crippen LogP contribution in [-0.2, 0) is 16.0 Å². The summed E-state index contributed by atoms with van der Waals surface area (Å²) in [7, 11) is 0. The lowest BCUT2D eigenvalue weighted by Crippen LogP contribution is -2.41. The van der Waals surface area contributed by atoms with Gasteiger partial charge in [0.2, 0.25) is 0 Å². The van der Waals surface area contributed by atoms with Gasteiger partial charge in [-0.3, -0.25) is 0 Å². The minimum atomic E-state index is -1.06. The second-order valence-electron chi connectivity index (χ2n) is 4.70. The molecule has 0 bridgehead atoms. The van der Waals surface area contributed by atoms with Crippen molar-refractivity contribution in [2.24, 2.45) is 0 Å². The lowest BCUT2D eigenvalue weighted by molar-refractivity contribution is -0.109. The molecule has 1 aromatic carbocycles. The van der Waals surface area contributed by atoms with Crippen LogP contribution in [0.3, 0.4) is 0 Å². The smallest absolute Gasteiger partial charge is 0.408 e. The lowest BCUT2D eigenvalue weighted by Gasteiger charge is -2.21. The van der Waals surface area contributed by atoms with Crippen LogP contribution in [0.2, 0.25) is 0 Å². The molecule has 0 heterocycles. The molecular formula is C14H19NO3. The largest absolute Gasteiger partial charge is 0.444 e. The van der Waals surface area contributed by atoms with Crippen LogP contribution >= 0.6 is 0 Å². The molecule has 0 saturated heterocycles. The third-order valence-corrected chi connectivity index (χ3v) is 1.84. The Labute approximate surface area is 114 Å². The number of aldehydes is 1. The van der Waals surface area contributed by atoms with Crippen LogP contribution in [-0.4, -0.2) is 24.0 Å². The number of amides is 1. The Hall–Kier alpha value is -1.84. The summed E-state index contributed by atoms with van der Waals surface area (Å²) in [5.74, 6) is 0. The van der Waals surface area contributed by atoms with Crippen molar-refractivity contribution in [3.8, 4) is 0 Å². The van der Waals surface area contributed by atoms with Gasteiger partial charge in [0.15, 0.2) is 0 Å².